The van der Waals surface area contributed by atoms with E-state index < -0.39 is 29.4 Å². The van der Waals surface area contributed by atoms with Gasteiger partial charge in [-0.3, -0.25) is 4.79 Å². The molecule has 3 rings (SSSR count). The fourth-order valence-corrected chi connectivity index (χ4v) is 3.43. The summed E-state index contributed by atoms with van der Waals surface area (Å²) in [5, 5.41) is 2.73. The number of carbonyl (C=O) groups excluding carboxylic acids is 1. The Bertz CT molecular complexity index is 897. The second-order valence-electron chi connectivity index (χ2n) is 7.87. The van der Waals surface area contributed by atoms with Crippen LogP contribution in [-0.2, 0) is 25.3 Å². The van der Waals surface area contributed by atoms with Crippen LogP contribution < -0.4 is 5.32 Å². The Morgan fingerprint density at radius 2 is 1.73 bits per heavy atom. The van der Waals surface area contributed by atoms with Crippen molar-refractivity contribution in [3.05, 3.63) is 52.6 Å². The number of benzene rings is 1. The van der Waals surface area contributed by atoms with Gasteiger partial charge in [-0.15, -0.1) is 0 Å². The van der Waals surface area contributed by atoms with Gasteiger partial charge in [-0.05, 0) is 36.1 Å². The van der Waals surface area contributed by atoms with Crippen LogP contribution in [-0.4, -0.2) is 22.0 Å². The molecule has 30 heavy (non-hydrogen) atoms. The molecule has 1 amide bonds. The molecule has 1 aromatic heterocycles. The zero-order chi connectivity index (χ0) is 22.3. The first-order valence-electron chi connectivity index (χ1n) is 9.48. The molecule has 4 nitrogen and oxygen atoms in total. The van der Waals surface area contributed by atoms with E-state index in [1.54, 1.807) is 4.57 Å². The lowest BCUT2D eigenvalue weighted by Gasteiger charge is -2.25. The standard InChI is InChI=1S/C20H21F6N3O/c1-11(2)8-27-18(30)16-10-29-9-12(3-4-17(29)28-16)13-5-14(19(21,22)23)7-15(6-13)20(24,25)26/h5-7,10-12H,3-4,8-9H2,1-2H3,(H,27,30)/t12-/m1/s1. The number of rotatable bonds is 4. The number of imidazole rings is 1. The van der Waals surface area contributed by atoms with Crippen LogP contribution in [0.1, 0.15) is 59.2 Å². The molecule has 0 unspecified atom stereocenters. The van der Waals surface area contributed by atoms with Gasteiger partial charge in [0.25, 0.3) is 5.91 Å². The van der Waals surface area contributed by atoms with E-state index in [0.717, 1.165) is 12.1 Å². The van der Waals surface area contributed by atoms with Crippen molar-refractivity contribution in [2.45, 2.75) is 51.5 Å². The number of nitrogens with one attached hydrogen (secondary N) is 1. The van der Waals surface area contributed by atoms with Crippen LogP contribution >= 0.6 is 0 Å². The van der Waals surface area contributed by atoms with Gasteiger partial charge in [0.1, 0.15) is 11.5 Å². The van der Waals surface area contributed by atoms with E-state index in [0.29, 0.717) is 25.2 Å². The van der Waals surface area contributed by atoms with Crippen molar-refractivity contribution in [2.75, 3.05) is 6.54 Å². The topological polar surface area (TPSA) is 46.9 Å². The molecule has 0 aliphatic carbocycles. The van der Waals surface area contributed by atoms with E-state index in [2.05, 4.69) is 10.3 Å². The Morgan fingerprint density at radius 3 is 2.27 bits per heavy atom. The second-order valence-corrected chi connectivity index (χ2v) is 7.87. The molecule has 1 N–H and O–H groups in total. The summed E-state index contributed by atoms with van der Waals surface area (Å²) in [4.78, 5) is 16.5. The highest BCUT2D eigenvalue weighted by Gasteiger charge is 2.38. The first kappa shape index (κ1) is 22.2. The molecule has 1 aliphatic heterocycles. The molecular formula is C20H21F6N3O. The summed E-state index contributed by atoms with van der Waals surface area (Å²) in [6.07, 6.45) is -7.59. The maximum absolute atomic E-state index is 13.1. The molecule has 1 atom stereocenters. The van der Waals surface area contributed by atoms with E-state index in [1.165, 1.54) is 6.20 Å². The molecule has 2 aromatic rings. The third kappa shape index (κ3) is 4.96. The predicted molar refractivity (Wildman–Crippen MR) is 96.9 cm³/mol. The van der Waals surface area contributed by atoms with Crippen LogP contribution in [0.3, 0.4) is 0 Å². The predicted octanol–water partition coefficient (Wildman–Crippen LogP) is 5.04. The minimum absolute atomic E-state index is 0.0256. The van der Waals surface area contributed by atoms with Gasteiger partial charge < -0.3 is 9.88 Å². The second kappa shape index (κ2) is 7.96. The quantitative estimate of drug-likeness (QED) is 0.687. The number of hydrogen-bond acceptors (Lipinski definition) is 2. The average molecular weight is 433 g/mol. The van der Waals surface area contributed by atoms with Crippen molar-refractivity contribution in [1.82, 2.24) is 14.9 Å². The molecule has 0 radical (unpaired) electrons. The lowest BCUT2D eigenvalue weighted by atomic mass is 9.89. The Hall–Kier alpha value is -2.52. The zero-order valence-corrected chi connectivity index (χ0v) is 16.4. The van der Waals surface area contributed by atoms with Crippen molar-refractivity contribution < 1.29 is 31.1 Å². The van der Waals surface area contributed by atoms with E-state index in [4.69, 9.17) is 0 Å². The number of aryl methyl sites for hydroxylation is 1. The van der Waals surface area contributed by atoms with Crippen LogP contribution in [0.4, 0.5) is 26.3 Å². The smallest absolute Gasteiger partial charge is 0.350 e. The SMILES string of the molecule is CC(C)CNC(=O)c1cn2c(n1)CC[C@@H](c1cc(C(F)(F)F)cc(C(F)(F)F)c1)C2. The zero-order valence-electron chi connectivity index (χ0n) is 16.4. The number of halogens is 6. The highest BCUT2D eigenvalue weighted by atomic mass is 19.4. The van der Waals surface area contributed by atoms with Crippen molar-refractivity contribution in [2.24, 2.45) is 5.92 Å². The summed E-state index contributed by atoms with van der Waals surface area (Å²) < 4.78 is 80.5. The van der Waals surface area contributed by atoms with E-state index >= 15 is 0 Å². The Kier molecular flexibility index (Phi) is 5.88. The largest absolute Gasteiger partial charge is 0.416 e. The van der Waals surface area contributed by atoms with Gasteiger partial charge >= 0.3 is 12.4 Å². The fraction of sp³-hybridized carbons (Fsp3) is 0.500. The number of alkyl halides is 6. The van der Waals surface area contributed by atoms with Crippen molar-refractivity contribution in [1.29, 1.82) is 0 Å². The molecule has 10 heteroatoms. The van der Waals surface area contributed by atoms with Crippen molar-refractivity contribution in [3.8, 4) is 0 Å². The van der Waals surface area contributed by atoms with Crippen LogP contribution in [0.5, 0.6) is 0 Å². The Morgan fingerprint density at radius 1 is 1.13 bits per heavy atom. The average Bonchev–Trinajstić information content (AvgIpc) is 3.07. The molecule has 0 saturated carbocycles. The van der Waals surface area contributed by atoms with E-state index in [9.17, 15) is 31.1 Å². The minimum Gasteiger partial charge on any atom is -0.350 e. The molecule has 0 spiro atoms. The molecule has 0 saturated heterocycles. The molecule has 1 aliphatic rings. The number of nitrogens with zero attached hydrogens (tertiary/aromatic N) is 2. The fourth-order valence-electron chi connectivity index (χ4n) is 3.43. The van der Waals surface area contributed by atoms with Gasteiger partial charge in [0.2, 0.25) is 0 Å². The van der Waals surface area contributed by atoms with Gasteiger partial charge in [-0.25, -0.2) is 4.98 Å². The van der Waals surface area contributed by atoms with Gasteiger partial charge in [0.05, 0.1) is 11.1 Å². The van der Waals surface area contributed by atoms with E-state index in [-0.39, 0.29) is 35.7 Å². The normalized spacial score (nSPS) is 17.2. The summed E-state index contributed by atoms with van der Waals surface area (Å²) in [5.41, 5.74) is -2.48. The molecule has 1 aromatic carbocycles. The number of fused-ring (bicyclic) bond motifs is 1. The monoisotopic (exact) mass is 433 g/mol. The number of aromatic nitrogens is 2. The third-order valence-corrected chi connectivity index (χ3v) is 4.98. The maximum atomic E-state index is 13.1. The lowest BCUT2D eigenvalue weighted by Crippen LogP contribution is -2.27. The highest BCUT2D eigenvalue weighted by molar-refractivity contribution is 5.92. The van der Waals surface area contributed by atoms with Crippen LogP contribution in [0, 0.1) is 5.92 Å². The summed E-state index contributed by atoms with van der Waals surface area (Å²) in [7, 11) is 0. The number of amides is 1. The third-order valence-electron chi connectivity index (χ3n) is 4.98. The summed E-state index contributed by atoms with van der Waals surface area (Å²) in [6.45, 7) is 4.49. The van der Waals surface area contributed by atoms with Crippen LogP contribution in [0.25, 0.3) is 0 Å². The Balaban J connectivity index is 1.87. The van der Waals surface area contributed by atoms with Gasteiger partial charge in [0.15, 0.2) is 0 Å². The summed E-state index contributed by atoms with van der Waals surface area (Å²) in [6, 6.07) is 1.68. The molecule has 164 valence electrons. The summed E-state index contributed by atoms with van der Waals surface area (Å²) in [5.74, 6) is -0.0782. The highest BCUT2D eigenvalue weighted by Crippen LogP contribution is 2.39. The van der Waals surface area contributed by atoms with Gasteiger partial charge in [-0.2, -0.15) is 26.3 Å². The van der Waals surface area contributed by atoms with Gasteiger partial charge in [-0.1, -0.05) is 13.8 Å². The van der Waals surface area contributed by atoms with E-state index in [1.807, 2.05) is 13.8 Å². The number of carbonyl (C=O) groups is 1. The molecule has 0 bridgehead atoms. The lowest BCUT2D eigenvalue weighted by molar-refractivity contribution is -0.143. The first-order chi connectivity index (χ1) is 13.8. The maximum Gasteiger partial charge on any atom is 0.416 e. The van der Waals surface area contributed by atoms with Crippen molar-refractivity contribution >= 4 is 5.91 Å². The molecular weight excluding hydrogens is 412 g/mol. The van der Waals surface area contributed by atoms with Crippen molar-refractivity contribution in [3.63, 3.8) is 0 Å². The van der Waals surface area contributed by atoms with Crippen LogP contribution in [0.15, 0.2) is 24.4 Å². The van der Waals surface area contributed by atoms with Gasteiger partial charge in [0, 0.05) is 31.6 Å². The number of hydrogen-bond donors (Lipinski definition) is 1. The summed E-state index contributed by atoms with van der Waals surface area (Å²) >= 11 is 0. The molecule has 0 fully saturated rings. The molecule has 2 heterocycles. The Labute approximate surface area is 169 Å². The minimum atomic E-state index is -4.88. The first-order valence-corrected chi connectivity index (χ1v) is 9.48. The van der Waals surface area contributed by atoms with Crippen LogP contribution in [0.2, 0.25) is 0 Å².